The molecule has 0 amide bonds. The second-order valence-electron chi connectivity index (χ2n) is 3.69. The van der Waals surface area contributed by atoms with Gasteiger partial charge in [-0.3, -0.25) is 0 Å². The van der Waals surface area contributed by atoms with Crippen molar-refractivity contribution in [3.05, 3.63) is 60.4 Å². The van der Waals surface area contributed by atoms with Crippen molar-refractivity contribution < 1.29 is 4.74 Å². The lowest BCUT2D eigenvalue weighted by Gasteiger charge is -2.11. The fourth-order valence-corrected chi connectivity index (χ4v) is 1.42. The molecule has 1 rings (SSSR count). The van der Waals surface area contributed by atoms with Crippen LogP contribution in [0.15, 0.2) is 60.4 Å². The lowest BCUT2D eigenvalue weighted by molar-refractivity contribution is 0.250. The monoisotopic (exact) mass is 216 g/mol. The molecule has 0 aromatic heterocycles. The Morgan fingerprint density at radius 3 is 3.06 bits per heavy atom. The molecule has 1 heteroatoms. The molecule has 0 fully saturated rings. The molecule has 0 heterocycles. The minimum absolute atomic E-state index is 0.669. The maximum Gasteiger partial charge on any atom is 0.119 e. The Balaban J connectivity index is 2.42. The lowest BCUT2D eigenvalue weighted by Crippen LogP contribution is -1.98. The Morgan fingerprint density at radius 1 is 1.56 bits per heavy atom. The van der Waals surface area contributed by atoms with Gasteiger partial charge in [0, 0.05) is 0 Å². The normalized spacial score (nSPS) is 16.3. The molecule has 0 aliphatic heterocycles. The van der Waals surface area contributed by atoms with E-state index in [0.29, 0.717) is 6.61 Å². The summed E-state index contributed by atoms with van der Waals surface area (Å²) in [7, 11) is 0. The van der Waals surface area contributed by atoms with Gasteiger partial charge in [-0.25, -0.2) is 0 Å². The van der Waals surface area contributed by atoms with Crippen molar-refractivity contribution in [1.82, 2.24) is 0 Å². The molecule has 0 spiro atoms. The third-order valence-corrected chi connectivity index (χ3v) is 2.36. The fourth-order valence-electron chi connectivity index (χ4n) is 1.42. The van der Waals surface area contributed by atoms with Crippen LogP contribution in [0.5, 0.6) is 0 Å². The molecule has 1 aliphatic rings. The first-order valence-corrected chi connectivity index (χ1v) is 5.83. The molecular formula is C15H20O. The standard InChI is InChI=1S/C15H20O/c1-3-5-7-12-15(4-2)16-13-14-10-8-6-9-11-14/h4-8,10,12H,2-3,9,11,13H2,1H3/b7-5-,15-12+. The van der Waals surface area contributed by atoms with Crippen LogP contribution in [0, 0.1) is 0 Å². The number of ether oxygens (including phenoxy) is 1. The average Bonchev–Trinajstić information content (AvgIpc) is 2.35. The summed E-state index contributed by atoms with van der Waals surface area (Å²) in [5, 5.41) is 0. The molecule has 1 nitrogen and oxygen atoms in total. The number of hydrogen-bond acceptors (Lipinski definition) is 1. The average molecular weight is 216 g/mol. The first-order chi connectivity index (χ1) is 7.86. The van der Waals surface area contributed by atoms with Crippen molar-refractivity contribution in [1.29, 1.82) is 0 Å². The minimum Gasteiger partial charge on any atom is -0.489 e. The van der Waals surface area contributed by atoms with Gasteiger partial charge in [0.1, 0.15) is 12.4 Å². The SMILES string of the molecule is C=C/C(=C\C=C/CC)OCC1=CC=CCC1. The van der Waals surface area contributed by atoms with E-state index in [1.807, 2.05) is 12.2 Å². The van der Waals surface area contributed by atoms with E-state index < -0.39 is 0 Å². The van der Waals surface area contributed by atoms with E-state index in [-0.39, 0.29) is 0 Å². The quantitative estimate of drug-likeness (QED) is 0.474. The largest absolute Gasteiger partial charge is 0.489 e. The maximum absolute atomic E-state index is 5.67. The zero-order chi connectivity index (χ0) is 11.6. The van der Waals surface area contributed by atoms with Crippen LogP contribution in [0.1, 0.15) is 26.2 Å². The highest BCUT2D eigenvalue weighted by Gasteiger charge is 2.00. The highest BCUT2D eigenvalue weighted by Crippen LogP contribution is 2.13. The van der Waals surface area contributed by atoms with E-state index in [1.165, 1.54) is 5.57 Å². The summed E-state index contributed by atoms with van der Waals surface area (Å²) in [5.41, 5.74) is 1.34. The second-order valence-corrected chi connectivity index (χ2v) is 3.69. The predicted octanol–water partition coefficient (Wildman–Crippen LogP) is 4.32. The van der Waals surface area contributed by atoms with Crippen LogP contribution in [0.2, 0.25) is 0 Å². The fraction of sp³-hybridized carbons (Fsp3) is 0.333. The molecule has 0 saturated heterocycles. The van der Waals surface area contributed by atoms with Gasteiger partial charge in [0.05, 0.1) is 0 Å². The first-order valence-electron chi connectivity index (χ1n) is 5.83. The molecule has 0 radical (unpaired) electrons. The van der Waals surface area contributed by atoms with Gasteiger partial charge in [-0.05, 0) is 37.0 Å². The van der Waals surface area contributed by atoms with Crippen molar-refractivity contribution in [3.8, 4) is 0 Å². The minimum atomic E-state index is 0.669. The van der Waals surface area contributed by atoms with E-state index in [9.17, 15) is 0 Å². The Kier molecular flexibility index (Phi) is 6.09. The molecule has 0 aromatic rings. The van der Waals surface area contributed by atoms with Crippen LogP contribution in [-0.2, 0) is 4.74 Å². The molecular weight excluding hydrogens is 196 g/mol. The van der Waals surface area contributed by atoms with Crippen LogP contribution < -0.4 is 0 Å². The van der Waals surface area contributed by atoms with E-state index in [0.717, 1.165) is 25.0 Å². The summed E-state index contributed by atoms with van der Waals surface area (Å²) in [6, 6.07) is 0. The number of allylic oxidation sites excluding steroid dienone is 7. The van der Waals surface area contributed by atoms with Crippen molar-refractivity contribution in [2.75, 3.05) is 6.61 Å². The predicted molar refractivity (Wildman–Crippen MR) is 70.1 cm³/mol. The van der Waals surface area contributed by atoms with Gasteiger partial charge >= 0.3 is 0 Å². The summed E-state index contributed by atoms with van der Waals surface area (Å²) < 4.78 is 5.67. The molecule has 1 aliphatic carbocycles. The molecule has 0 bridgehead atoms. The van der Waals surface area contributed by atoms with E-state index in [1.54, 1.807) is 6.08 Å². The Hall–Kier alpha value is -1.50. The Bertz CT molecular complexity index is 329. The molecule has 16 heavy (non-hydrogen) atoms. The van der Waals surface area contributed by atoms with E-state index >= 15 is 0 Å². The topological polar surface area (TPSA) is 9.23 Å². The van der Waals surface area contributed by atoms with Gasteiger partial charge in [-0.1, -0.05) is 43.9 Å². The summed E-state index contributed by atoms with van der Waals surface area (Å²) in [5.74, 6) is 0.833. The van der Waals surface area contributed by atoms with Crippen molar-refractivity contribution in [2.45, 2.75) is 26.2 Å². The van der Waals surface area contributed by atoms with Gasteiger partial charge in [0.15, 0.2) is 0 Å². The lowest BCUT2D eigenvalue weighted by atomic mass is 10.1. The van der Waals surface area contributed by atoms with Crippen LogP contribution in [0.25, 0.3) is 0 Å². The van der Waals surface area contributed by atoms with Crippen molar-refractivity contribution >= 4 is 0 Å². The van der Waals surface area contributed by atoms with Gasteiger partial charge in [0.25, 0.3) is 0 Å². The maximum atomic E-state index is 5.67. The van der Waals surface area contributed by atoms with Crippen LogP contribution in [-0.4, -0.2) is 6.61 Å². The highest BCUT2D eigenvalue weighted by atomic mass is 16.5. The first kappa shape index (κ1) is 12.6. The molecule has 0 atom stereocenters. The van der Waals surface area contributed by atoms with E-state index in [2.05, 4.69) is 37.8 Å². The van der Waals surface area contributed by atoms with Crippen molar-refractivity contribution in [3.63, 3.8) is 0 Å². The van der Waals surface area contributed by atoms with Crippen molar-refractivity contribution in [2.24, 2.45) is 0 Å². The van der Waals surface area contributed by atoms with Gasteiger partial charge < -0.3 is 4.74 Å². The molecule has 0 unspecified atom stereocenters. The van der Waals surface area contributed by atoms with E-state index in [4.69, 9.17) is 4.74 Å². The Labute approximate surface area is 98.5 Å². The summed E-state index contributed by atoms with van der Waals surface area (Å²) in [6.07, 6.45) is 17.5. The smallest absolute Gasteiger partial charge is 0.119 e. The summed E-state index contributed by atoms with van der Waals surface area (Å²) >= 11 is 0. The van der Waals surface area contributed by atoms with Gasteiger partial charge in [0.2, 0.25) is 0 Å². The van der Waals surface area contributed by atoms with Gasteiger partial charge in [-0.15, -0.1) is 0 Å². The summed E-state index contributed by atoms with van der Waals surface area (Å²) in [6.45, 7) is 6.52. The zero-order valence-electron chi connectivity index (χ0n) is 9.99. The van der Waals surface area contributed by atoms with Crippen LogP contribution >= 0.6 is 0 Å². The van der Waals surface area contributed by atoms with Crippen LogP contribution in [0.3, 0.4) is 0 Å². The zero-order valence-corrected chi connectivity index (χ0v) is 9.99. The summed E-state index contributed by atoms with van der Waals surface area (Å²) in [4.78, 5) is 0. The highest BCUT2D eigenvalue weighted by molar-refractivity contribution is 5.20. The Morgan fingerprint density at radius 2 is 2.44 bits per heavy atom. The molecule has 0 aromatic carbocycles. The second kappa shape index (κ2) is 7.75. The van der Waals surface area contributed by atoms with Crippen LogP contribution in [0.4, 0.5) is 0 Å². The molecule has 0 saturated carbocycles. The molecule has 86 valence electrons. The van der Waals surface area contributed by atoms with Gasteiger partial charge in [-0.2, -0.15) is 0 Å². The third kappa shape index (κ3) is 4.83. The molecule has 0 N–H and O–H groups in total. The number of rotatable bonds is 6. The third-order valence-electron chi connectivity index (χ3n) is 2.36. The number of hydrogen-bond donors (Lipinski definition) is 0.